The van der Waals surface area contributed by atoms with Crippen LogP contribution in [-0.4, -0.2) is 25.2 Å². The summed E-state index contributed by atoms with van der Waals surface area (Å²) < 4.78 is 4.08. The molecule has 0 fully saturated rings. The van der Waals surface area contributed by atoms with E-state index in [1.165, 1.54) is 11.1 Å². The Morgan fingerprint density at radius 2 is 1.74 bits per heavy atom. The second kappa shape index (κ2) is 7.75. The summed E-state index contributed by atoms with van der Waals surface area (Å²) in [5, 5.41) is 5.60. The van der Waals surface area contributed by atoms with E-state index in [2.05, 4.69) is 36.6 Å². The number of fused-ring (bicyclic) bond motifs is 1. The lowest BCUT2D eigenvalue weighted by atomic mass is 10.1. The van der Waals surface area contributed by atoms with Gasteiger partial charge in [-0.1, -0.05) is 29.8 Å². The SMILES string of the molecule is Cc1ccc(-n2nc3c(c2-n2cccc2)CN(C(=O)Cc2ccc(Cl)cc2)C3)cc1C. The molecule has 2 aromatic carbocycles. The van der Waals surface area contributed by atoms with E-state index in [0.717, 1.165) is 28.3 Å². The van der Waals surface area contributed by atoms with Gasteiger partial charge in [-0.05, 0) is 66.9 Å². The van der Waals surface area contributed by atoms with Gasteiger partial charge in [0.05, 0.1) is 30.9 Å². The molecule has 0 aliphatic carbocycles. The summed E-state index contributed by atoms with van der Waals surface area (Å²) in [4.78, 5) is 14.8. The van der Waals surface area contributed by atoms with Gasteiger partial charge in [0.15, 0.2) is 0 Å². The van der Waals surface area contributed by atoms with Crippen molar-refractivity contribution in [2.45, 2.75) is 33.4 Å². The zero-order valence-electron chi connectivity index (χ0n) is 17.5. The highest BCUT2D eigenvalue weighted by Gasteiger charge is 2.31. The minimum Gasteiger partial charge on any atom is -0.332 e. The maximum Gasteiger partial charge on any atom is 0.227 e. The molecule has 156 valence electrons. The van der Waals surface area contributed by atoms with Gasteiger partial charge in [-0.3, -0.25) is 4.79 Å². The monoisotopic (exact) mass is 430 g/mol. The van der Waals surface area contributed by atoms with E-state index < -0.39 is 0 Å². The van der Waals surface area contributed by atoms with Crippen molar-refractivity contribution in [2.24, 2.45) is 0 Å². The number of amides is 1. The van der Waals surface area contributed by atoms with Crippen molar-refractivity contribution in [3.05, 3.63) is 100.0 Å². The molecule has 0 saturated heterocycles. The Morgan fingerprint density at radius 1 is 1.00 bits per heavy atom. The first-order valence-corrected chi connectivity index (χ1v) is 10.7. The number of halogens is 1. The first-order chi connectivity index (χ1) is 15.0. The predicted molar refractivity (Wildman–Crippen MR) is 122 cm³/mol. The standard InChI is InChI=1S/C25H23ClN4O/c1-17-5-10-21(13-18(17)2)30-25(28-11-3-4-12-28)22-15-29(16-23(22)27-30)24(31)14-19-6-8-20(26)9-7-19/h3-13H,14-16H2,1-2H3. The van der Waals surface area contributed by atoms with E-state index in [0.29, 0.717) is 24.5 Å². The Labute approximate surface area is 186 Å². The Bertz CT molecular complexity index is 1260. The Balaban J connectivity index is 1.47. The summed E-state index contributed by atoms with van der Waals surface area (Å²) in [5.41, 5.74) is 6.52. The minimum absolute atomic E-state index is 0.0940. The van der Waals surface area contributed by atoms with Crippen LogP contribution in [0.25, 0.3) is 11.5 Å². The Kier molecular flexibility index (Phi) is 4.91. The molecule has 3 heterocycles. The fourth-order valence-electron chi connectivity index (χ4n) is 4.05. The van der Waals surface area contributed by atoms with Crippen LogP contribution in [0.3, 0.4) is 0 Å². The van der Waals surface area contributed by atoms with Gasteiger partial charge in [-0.2, -0.15) is 5.10 Å². The maximum absolute atomic E-state index is 13.0. The lowest BCUT2D eigenvalue weighted by molar-refractivity contribution is -0.131. The second-order valence-corrected chi connectivity index (χ2v) is 8.51. The average Bonchev–Trinajstić information content (AvgIpc) is 3.47. The van der Waals surface area contributed by atoms with Crippen molar-refractivity contribution in [1.82, 2.24) is 19.2 Å². The lowest BCUT2D eigenvalue weighted by Crippen LogP contribution is -2.27. The summed E-state index contributed by atoms with van der Waals surface area (Å²) in [6, 6.07) is 17.8. The van der Waals surface area contributed by atoms with E-state index in [4.69, 9.17) is 16.7 Å². The maximum atomic E-state index is 13.0. The van der Waals surface area contributed by atoms with Crippen LogP contribution in [0.5, 0.6) is 0 Å². The molecule has 31 heavy (non-hydrogen) atoms. The smallest absolute Gasteiger partial charge is 0.227 e. The van der Waals surface area contributed by atoms with Crippen molar-refractivity contribution in [3.63, 3.8) is 0 Å². The first-order valence-electron chi connectivity index (χ1n) is 10.3. The number of benzene rings is 2. The lowest BCUT2D eigenvalue weighted by Gasteiger charge is -2.18. The average molecular weight is 431 g/mol. The highest BCUT2D eigenvalue weighted by Crippen LogP contribution is 2.31. The topological polar surface area (TPSA) is 43.1 Å². The second-order valence-electron chi connectivity index (χ2n) is 8.07. The molecular weight excluding hydrogens is 408 g/mol. The van der Waals surface area contributed by atoms with Crippen LogP contribution < -0.4 is 0 Å². The highest BCUT2D eigenvalue weighted by molar-refractivity contribution is 6.30. The van der Waals surface area contributed by atoms with E-state index >= 15 is 0 Å². The van der Waals surface area contributed by atoms with Gasteiger partial charge in [0, 0.05) is 23.0 Å². The Morgan fingerprint density at radius 3 is 2.45 bits per heavy atom. The normalized spacial score (nSPS) is 12.9. The molecule has 2 aromatic heterocycles. The summed E-state index contributed by atoms with van der Waals surface area (Å²) in [7, 11) is 0. The highest BCUT2D eigenvalue weighted by atomic mass is 35.5. The number of rotatable bonds is 4. The number of hydrogen-bond acceptors (Lipinski definition) is 2. The van der Waals surface area contributed by atoms with Gasteiger partial charge in [0.2, 0.25) is 5.91 Å². The molecule has 6 heteroatoms. The van der Waals surface area contributed by atoms with Crippen LogP contribution in [0.1, 0.15) is 27.9 Å². The van der Waals surface area contributed by atoms with Crippen molar-refractivity contribution >= 4 is 17.5 Å². The number of carbonyl (C=O) groups is 1. The molecule has 0 atom stereocenters. The largest absolute Gasteiger partial charge is 0.332 e. The molecule has 0 spiro atoms. The molecule has 0 unspecified atom stereocenters. The molecule has 5 rings (SSSR count). The molecule has 0 radical (unpaired) electrons. The third-order valence-corrected chi connectivity index (χ3v) is 6.19. The van der Waals surface area contributed by atoms with Crippen molar-refractivity contribution in [3.8, 4) is 11.5 Å². The van der Waals surface area contributed by atoms with E-state index in [1.807, 2.05) is 58.4 Å². The molecule has 4 aromatic rings. The molecule has 0 N–H and O–H groups in total. The molecule has 0 bridgehead atoms. The summed E-state index contributed by atoms with van der Waals surface area (Å²) in [6.07, 6.45) is 4.40. The van der Waals surface area contributed by atoms with E-state index in [-0.39, 0.29) is 5.91 Å². The zero-order valence-corrected chi connectivity index (χ0v) is 18.3. The van der Waals surface area contributed by atoms with Gasteiger partial charge >= 0.3 is 0 Å². The fraction of sp³-hybridized carbons (Fsp3) is 0.200. The van der Waals surface area contributed by atoms with Crippen molar-refractivity contribution in [1.29, 1.82) is 0 Å². The fourth-order valence-corrected chi connectivity index (χ4v) is 4.17. The minimum atomic E-state index is 0.0940. The summed E-state index contributed by atoms with van der Waals surface area (Å²) in [5.74, 6) is 1.08. The van der Waals surface area contributed by atoms with Gasteiger partial charge in [0.1, 0.15) is 5.82 Å². The van der Waals surface area contributed by atoms with Crippen LogP contribution in [-0.2, 0) is 24.3 Å². The summed E-state index contributed by atoms with van der Waals surface area (Å²) in [6.45, 7) is 5.30. The van der Waals surface area contributed by atoms with Gasteiger partial charge < -0.3 is 9.47 Å². The molecule has 0 saturated carbocycles. The third-order valence-electron chi connectivity index (χ3n) is 5.93. The van der Waals surface area contributed by atoms with Crippen LogP contribution in [0.4, 0.5) is 0 Å². The Hall–Kier alpha value is -3.31. The number of hydrogen-bond donors (Lipinski definition) is 0. The van der Waals surface area contributed by atoms with Crippen molar-refractivity contribution < 1.29 is 4.79 Å². The summed E-state index contributed by atoms with van der Waals surface area (Å²) >= 11 is 5.96. The van der Waals surface area contributed by atoms with Crippen LogP contribution in [0.2, 0.25) is 5.02 Å². The quantitative estimate of drug-likeness (QED) is 0.456. The first kappa shape index (κ1) is 19.6. The third kappa shape index (κ3) is 3.66. The molecule has 1 amide bonds. The van der Waals surface area contributed by atoms with Gasteiger partial charge in [-0.15, -0.1) is 0 Å². The predicted octanol–water partition coefficient (Wildman–Crippen LogP) is 5.02. The molecular formula is C25H23ClN4O. The van der Waals surface area contributed by atoms with E-state index in [1.54, 1.807) is 0 Å². The van der Waals surface area contributed by atoms with Crippen LogP contribution in [0, 0.1) is 13.8 Å². The molecule has 1 aliphatic heterocycles. The number of carbonyl (C=O) groups excluding carboxylic acids is 1. The van der Waals surface area contributed by atoms with Gasteiger partial charge in [-0.25, -0.2) is 4.68 Å². The zero-order chi connectivity index (χ0) is 21.5. The van der Waals surface area contributed by atoms with Crippen LogP contribution in [0.15, 0.2) is 67.0 Å². The van der Waals surface area contributed by atoms with Crippen LogP contribution >= 0.6 is 11.6 Å². The van der Waals surface area contributed by atoms with Gasteiger partial charge in [0.25, 0.3) is 0 Å². The number of aromatic nitrogens is 3. The van der Waals surface area contributed by atoms with E-state index in [9.17, 15) is 4.79 Å². The van der Waals surface area contributed by atoms with Crippen molar-refractivity contribution in [2.75, 3.05) is 0 Å². The number of aryl methyl sites for hydroxylation is 2. The number of nitrogens with zero attached hydrogens (tertiary/aromatic N) is 4. The molecule has 5 nitrogen and oxygen atoms in total. The molecule has 1 aliphatic rings.